The number of anilines is 1. The van der Waals surface area contributed by atoms with Gasteiger partial charge < -0.3 is 11.1 Å². The Balaban J connectivity index is 2.15. The first-order valence-electron chi connectivity index (χ1n) is 5.73. The number of hydrogen-bond donors (Lipinski definition) is 2. The maximum atomic E-state index is 5.94. The Hall–Kier alpha value is -0.540. The minimum Gasteiger partial charge on any atom is -0.378 e. The Morgan fingerprint density at radius 2 is 1.94 bits per heavy atom. The molecule has 1 fully saturated rings. The average molecular weight is 283 g/mol. The van der Waals surface area contributed by atoms with E-state index in [-0.39, 0.29) is 5.54 Å². The largest absolute Gasteiger partial charge is 0.378 e. The highest BCUT2D eigenvalue weighted by molar-refractivity contribution is 9.10. The summed E-state index contributed by atoms with van der Waals surface area (Å²) in [5, 5.41) is 3.59. The van der Waals surface area contributed by atoms with Gasteiger partial charge >= 0.3 is 0 Å². The molecule has 1 aliphatic carbocycles. The lowest BCUT2D eigenvalue weighted by Gasteiger charge is -2.37. The van der Waals surface area contributed by atoms with Crippen molar-refractivity contribution in [3.63, 3.8) is 0 Å². The summed E-state index contributed by atoms with van der Waals surface area (Å²) >= 11 is 3.44. The topological polar surface area (TPSA) is 38.0 Å². The van der Waals surface area contributed by atoms with E-state index in [0.717, 1.165) is 10.2 Å². The number of hydrogen-bond acceptors (Lipinski definition) is 2. The van der Waals surface area contributed by atoms with Crippen molar-refractivity contribution >= 4 is 21.6 Å². The third-order valence-corrected chi connectivity index (χ3v) is 4.53. The van der Waals surface area contributed by atoms with E-state index in [9.17, 15) is 0 Å². The molecule has 0 aliphatic heterocycles. The Bertz CT molecular complexity index is 370. The standard InChI is InChI=1S/C13H19BrN2/c1-12(7-8-12)13(2,9-15)16-11-5-3-10(14)4-6-11/h3-6,16H,7-9,15H2,1-2H3. The summed E-state index contributed by atoms with van der Waals surface area (Å²) in [6.45, 7) is 5.20. The van der Waals surface area contributed by atoms with Crippen LogP contribution in [0.3, 0.4) is 0 Å². The van der Waals surface area contributed by atoms with Crippen LogP contribution in [0.5, 0.6) is 0 Å². The fourth-order valence-electron chi connectivity index (χ4n) is 2.04. The summed E-state index contributed by atoms with van der Waals surface area (Å²) in [7, 11) is 0. The summed E-state index contributed by atoms with van der Waals surface area (Å²) < 4.78 is 1.10. The van der Waals surface area contributed by atoms with Gasteiger partial charge in [-0.05, 0) is 49.4 Å². The van der Waals surface area contributed by atoms with E-state index in [1.807, 2.05) is 0 Å². The van der Waals surface area contributed by atoms with Crippen LogP contribution in [0.1, 0.15) is 26.7 Å². The summed E-state index contributed by atoms with van der Waals surface area (Å²) in [6, 6.07) is 8.27. The normalized spacial score (nSPS) is 21.2. The zero-order valence-electron chi connectivity index (χ0n) is 9.89. The van der Waals surface area contributed by atoms with Gasteiger partial charge in [0.05, 0.1) is 5.54 Å². The van der Waals surface area contributed by atoms with Gasteiger partial charge in [0.25, 0.3) is 0 Å². The molecule has 88 valence electrons. The number of nitrogens with one attached hydrogen (secondary N) is 1. The molecule has 0 amide bonds. The number of benzene rings is 1. The van der Waals surface area contributed by atoms with Crippen molar-refractivity contribution in [3.8, 4) is 0 Å². The molecule has 1 aromatic carbocycles. The highest BCUT2D eigenvalue weighted by Crippen LogP contribution is 2.54. The van der Waals surface area contributed by atoms with Crippen molar-refractivity contribution in [3.05, 3.63) is 28.7 Å². The van der Waals surface area contributed by atoms with Crippen molar-refractivity contribution in [1.82, 2.24) is 0 Å². The zero-order valence-corrected chi connectivity index (χ0v) is 11.5. The van der Waals surface area contributed by atoms with E-state index in [2.05, 4.69) is 59.4 Å². The Labute approximate surface area is 106 Å². The lowest BCUT2D eigenvalue weighted by atomic mass is 9.83. The Morgan fingerprint density at radius 3 is 2.38 bits per heavy atom. The van der Waals surface area contributed by atoms with Crippen molar-refractivity contribution < 1.29 is 0 Å². The molecule has 2 nitrogen and oxygen atoms in total. The first kappa shape index (κ1) is 11.9. The molecule has 1 aromatic rings. The first-order chi connectivity index (χ1) is 7.49. The number of halogens is 1. The highest BCUT2D eigenvalue weighted by atomic mass is 79.9. The van der Waals surface area contributed by atoms with Crippen LogP contribution in [0.4, 0.5) is 5.69 Å². The van der Waals surface area contributed by atoms with Crippen LogP contribution >= 0.6 is 15.9 Å². The van der Waals surface area contributed by atoms with Gasteiger partial charge in [-0.15, -0.1) is 0 Å². The molecular weight excluding hydrogens is 264 g/mol. The van der Waals surface area contributed by atoms with Crippen LogP contribution in [-0.2, 0) is 0 Å². The lowest BCUT2D eigenvalue weighted by Crippen LogP contribution is -2.49. The maximum Gasteiger partial charge on any atom is 0.0520 e. The molecule has 1 saturated carbocycles. The van der Waals surface area contributed by atoms with Crippen LogP contribution in [0.2, 0.25) is 0 Å². The van der Waals surface area contributed by atoms with E-state index in [4.69, 9.17) is 5.73 Å². The van der Waals surface area contributed by atoms with Gasteiger partial charge in [-0.1, -0.05) is 22.9 Å². The number of rotatable bonds is 4. The second kappa shape index (κ2) is 4.04. The fraction of sp³-hybridized carbons (Fsp3) is 0.538. The van der Waals surface area contributed by atoms with Crippen LogP contribution < -0.4 is 11.1 Å². The predicted octanol–water partition coefficient (Wildman–Crippen LogP) is 3.38. The molecule has 16 heavy (non-hydrogen) atoms. The van der Waals surface area contributed by atoms with Crippen molar-refractivity contribution in [1.29, 1.82) is 0 Å². The molecule has 0 saturated heterocycles. The Morgan fingerprint density at radius 1 is 1.38 bits per heavy atom. The highest BCUT2D eigenvalue weighted by Gasteiger charge is 2.52. The fourth-order valence-corrected chi connectivity index (χ4v) is 2.30. The van der Waals surface area contributed by atoms with E-state index in [1.54, 1.807) is 0 Å². The summed E-state index contributed by atoms with van der Waals surface area (Å²) in [5.74, 6) is 0. The van der Waals surface area contributed by atoms with Crippen LogP contribution in [0.25, 0.3) is 0 Å². The zero-order chi connectivity index (χ0) is 11.8. The number of nitrogens with two attached hydrogens (primary N) is 1. The lowest BCUT2D eigenvalue weighted by molar-refractivity contribution is 0.333. The van der Waals surface area contributed by atoms with Gasteiger partial charge in [-0.3, -0.25) is 0 Å². The molecular formula is C13H19BrN2. The maximum absolute atomic E-state index is 5.94. The van der Waals surface area contributed by atoms with Gasteiger partial charge in [0.15, 0.2) is 0 Å². The van der Waals surface area contributed by atoms with Crippen molar-refractivity contribution in [2.75, 3.05) is 11.9 Å². The first-order valence-corrected chi connectivity index (χ1v) is 6.52. The monoisotopic (exact) mass is 282 g/mol. The molecule has 2 rings (SSSR count). The minimum atomic E-state index is 0.000823. The molecule has 1 atom stereocenters. The van der Waals surface area contributed by atoms with Gasteiger partial charge in [0.1, 0.15) is 0 Å². The molecule has 3 heteroatoms. The van der Waals surface area contributed by atoms with Gasteiger partial charge in [-0.25, -0.2) is 0 Å². The van der Waals surface area contributed by atoms with Crippen molar-refractivity contribution in [2.24, 2.45) is 11.1 Å². The second-order valence-electron chi connectivity index (χ2n) is 5.23. The van der Waals surface area contributed by atoms with E-state index >= 15 is 0 Å². The molecule has 0 spiro atoms. The van der Waals surface area contributed by atoms with Crippen molar-refractivity contribution in [2.45, 2.75) is 32.2 Å². The van der Waals surface area contributed by atoms with E-state index < -0.39 is 0 Å². The minimum absolute atomic E-state index is 0.000823. The third-order valence-electron chi connectivity index (χ3n) is 4.00. The molecule has 1 aliphatic rings. The smallest absolute Gasteiger partial charge is 0.0520 e. The molecule has 0 bridgehead atoms. The average Bonchev–Trinajstić information content (AvgIpc) is 3.01. The quantitative estimate of drug-likeness (QED) is 0.889. The molecule has 3 N–H and O–H groups in total. The van der Waals surface area contributed by atoms with E-state index in [0.29, 0.717) is 12.0 Å². The second-order valence-corrected chi connectivity index (χ2v) is 6.14. The SMILES string of the molecule is CC1(C(C)(CN)Nc2ccc(Br)cc2)CC1. The van der Waals surface area contributed by atoms with Crippen LogP contribution in [0.15, 0.2) is 28.7 Å². The van der Waals surface area contributed by atoms with Gasteiger partial charge in [0.2, 0.25) is 0 Å². The van der Waals surface area contributed by atoms with Crippen LogP contribution in [0, 0.1) is 5.41 Å². The molecule has 0 heterocycles. The molecule has 0 aromatic heterocycles. The predicted molar refractivity (Wildman–Crippen MR) is 72.6 cm³/mol. The van der Waals surface area contributed by atoms with Gasteiger partial charge in [0, 0.05) is 16.7 Å². The van der Waals surface area contributed by atoms with Crippen LogP contribution in [-0.4, -0.2) is 12.1 Å². The van der Waals surface area contributed by atoms with E-state index in [1.165, 1.54) is 12.8 Å². The van der Waals surface area contributed by atoms with Gasteiger partial charge in [-0.2, -0.15) is 0 Å². The molecule has 0 radical (unpaired) electrons. The molecule has 1 unspecified atom stereocenters. The third kappa shape index (κ3) is 2.11. The summed E-state index contributed by atoms with van der Waals surface area (Å²) in [5.41, 5.74) is 7.44. The summed E-state index contributed by atoms with van der Waals surface area (Å²) in [4.78, 5) is 0. The Kier molecular flexibility index (Phi) is 3.01. The summed E-state index contributed by atoms with van der Waals surface area (Å²) in [6.07, 6.45) is 2.54.